The molecule has 0 bridgehead atoms. The van der Waals surface area contributed by atoms with Crippen LogP contribution in [-0.4, -0.2) is 39.2 Å². The van der Waals surface area contributed by atoms with Crippen molar-refractivity contribution in [3.63, 3.8) is 0 Å². The molecule has 0 aromatic carbocycles. The average molecular weight is 402 g/mol. The molecule has 138 valence electrons. The van der Waals surface area contributed by atoms with E-state index in [0.717, 1.165) is 6.20 Å². The van der Waals surface area contributed by atoms with Crippen molar-refractivity contribution >= 4 is 32.8 Å². The number of pyridine rings is 2. The molecular weight excluding hydrogens is 389 g/mol. The zero-order valence-electron chi connectivity index (χ0n) is 13.6. The second-order valence-corrected chi connectivity index (χ2v) is 8.69. The molecule has 0 amide bonds. The molecular formula is C15H13F3N4O2S2. The summed E-state index contributed by atoms with van der Waals surface area (Å²) in [6.45, 7) is 1.52. The van der Waals surface area contributed by atoms with Gasteiger partial charge in [0.05, 0.1) is 10.6 Å². The molecule has 0 aliphatic carbocycles. The summed E-state index contributed by atoms with van der Waals surface area (Å²) in [7, 11) is -1.95. The highest BCUT2D eigenvalue weighted by Crippen LogP contribution is 2.37. The summed E-state index contributed by atoms with van der Waals surface area (Å²) in [4.78, 5) is 12.3. The first kappa shape index (κ1) is 18.6. The first-order chi connectivity index (χ1) is 12.1. The predicted octanol–water partition coefficient (Wildman–Crippen LogP) is 3.44. The molecule has 0 aliphatic heterocycles. The van der Waals surface area contributed by atoms with Crippen molar-refractivity contribution < 1.29 is 21.6 Å². The molecule has 3 aromatic rings. The van der Waals surface area contributed by atoms with E-state index in [0.29, 0.717) is 5.65 Å². The van der Waals surface area contributed by atoms with E-state index in [4.69, 9.17) is 0 Å². The van der Waals surface area contributed by atoms with Crippen LogP contribution in [0.3, 0.4) is 0 Å². The second-order valence-electron chi connectivity index (χ2n) is 5.31. The van der Waals surface area contributed by atoms with Gasteiger partial charge >= 0.3 is 5.51 Å². The SMILES string of the molecule is CCS(=O)(=O)c1cccnc1-c1nc2cc(SC(F)(F)F)cnc2n1C. The van der Waals surface area contributed by atoms with Crippen molar-refractivity contribution in [3.8, 4) is 11.5 Å². The Labute approximate surface area is 151 Å². The number of aromatic nitrogens is 4. The standard InChI is InChI=1S/C15H13F3N4O2S2/c1-3-26(23,24)11-5-4-6-19-12(11)14-21-10-7-9(25-15(16,17)18)8-20-13(10)22(14)2/h4-8H,3H2,1-2H3. The van der Waals surface area contributed by atoms with Crippen LogP contribution in [0.5, 0.6) is 0 Å². The van der Waals surface area contributed by atoms with Crippen LogP contribution < -0.4 is 0 Å². The minimum absolute atomic E-state index is 0.0193. The van der Waals surface area contributed by atoms with Crippen molar-refractivity contribution in [1.82, 2.24) is 19.5 Å². The molecule has 26 heavy (non-hydrogen) atoms. The number of thioether (sulfide) groups is 1. The normalized spacial score (nSPS) is 12.7. The summed E-state index contributed by atoms with van der Waals surface area (Å²) >= 11 is -0.286. The van der Waals surface area contributed by atoms with Crippen LogP contribution in [0.25, 0.3) is 22.7 Å². The van der Waals surface area contributed by atoms with Crippen LogP contribution in [0.2, 0.25) is 0 Å². The number of hydrogen-bond donors (Lipinski definition) is 0. The summed E-state index contributed by atoms with van der Waals surface area (Å²) in [5.74, 6) is 0.106. The topological polar surface area (TPSA) is 77.7 Å². The molecule has 0 spiro atoms. The summed E-state index contributed by atoms with van der Waals surface area (Å²) < 4.78 is 63.8. The quantitative estimate of drug-likeness (QED) is 0.622. The third-order valence-corrected chi connectivity index (χ3v) is 6.07. The number of imidazole rings is 1. The fourth-order valence-corrected chi connectivity index (χ4v) is 4.00. The maximum Gasteiger partial charge on any atom is 0.446 e. The Kier molecular flexibility index (Phi) is 4.69. The van der Waals surface area contributed by atoms with Gasteiger partial charge in [0.15, 0.2) is 21.3 Å². The van der Waals surface area contributed by atoms with Gasteiger partial charge in [-0.15, -0.1) is 0 Å². The zero-order valence-corrected chi connectivity index (χ0v) is 15.3. The van der Waals surface area contributed by atoms with Crippen molar-refractivity contribution in [3.05, 3.63) is 30.6 Å². The van der Waals surface area contributed by atoms with Crippen molar-refractivity contribution in [2.24, 2.45) is 7.05 Å². The van der Waals surface area contributed by atoms with Gasteiger partial charge in [-0.1, -0.05) is 6.92 Å². The number of hydrogen-bond acceptors (Lipinski definition) is 6. The Morgan fingerprint density at radius 3 is 2.65 bits per heavy atom. The summed E-state index contributed by atoms with van der Waals surface area (Å²) in [5, 5.41) is 0. The van der Waals surface area contributed by atoms with Crippen molar-refractivity contribution in [2.45, 2.75) is 22.2 Å². The van der Waals surface area contributed by atoms with Gasteiger partial charge in [-0.3, -0.25) is 4.98 Å². The van der Waals surface area contributed by atoms with Gasteiger partial charge < -0.3 is 4.57 Å². The lowest BCUT2D eigenvalue weighted by molar-refractivity contribution is -0.0328. The van der Waals surface area contributed by atoms with E-state index >= 15 is 0 Å². The van der Waals surface area contributed by atoms with Gasteiger partial charge in [-0.2, -0.15) is 13.2 Å². The van der Waals surface area contributed by atoms with Crippen LogP contribution in [-0.2, 0) is 16.9 Å². The van der Waals surface area contributed by atoms with E-state index in [1.165, 1.54) is 35.9 Å². The Morgan fingerprint density at radius 1 is 1.27 bits per heavy atom. The monoisotopic (exact) mass is 402 g/mol. The van der Waals surface area contributed by atoms with E-state index in [1.54, 1.807) is 7.05 Å². The smallest absolute Gasteiger partial charge is 0.310 e. The Bertz CT molecular complexity index is 1080. The number of rotatable bonds is 4. The van der Waals surface area contributed by atoms with Gasteiger partial charge in [0.25, 0.3) is 0 Å². The van der Waals surface area contributed by atoms with Crippen molar-refractivity contribution in [2.75, 3.05) is 5.75 Å². The minimum Gasteiger partial charge on any atom is -0.310 e. The largest absolute Gasteiger partial charge is 0.446 e. The number of nitrogens with zero attached hydrogens (tertiary/aromatic N) is 4. The molecule has 11 heteroatoms. The van der Waals surface area contributed by atoms with Gasteiger partial charge in [0.1, 0.15) is 11.2 Å². The van der Waals surface area contributed by atoms with Crippen LogP contribution >= 0.6 is 11.8 Å². The fraction of sp³-hybridized carbons (Fsp3) is 0.267. The molecule has 0 aliphatic rings. The molecule has 3 rings (SSSR count). The zero-order chi connectivity index (χ0) is 19.1. The first-order valence-corrected chi connectivity index (χ1v) is 9.85. The molecule has 0 N–H and O–H groups in total. The van der Waals surface area contributed by atoms with Crippen LogP contribution in [0, 0.1) is 0 Å². The van der Waals surface area contributed by atoms with Gasteiger partial charge in [-0.25, -0.2) is 18.4 Å². The first-order valence-electron chi connectivity index (χ1n) is 7.39. The Balaban J connectivity index is 2.17. The molecule has 0 fully saturated rings. The molecule has 0 saturated carbocycles. The molecule has 3 heterocycles. The highest BCUT2D eigenvalue weighted by Gasteiger charge is 2.30. The lowest BCUT2D eigenvalue weighted by Gasteiger charge is -2.08. The highest BCUT2D eigenvalue weighted by molar-refractivity contribution is 8.00. The van der Waals surface area contributed by atoms with E-state index in [2.05, 4.69) is 15.0 Å². The summed E-state index contributed by atoms with van der Waals surface area (Å²) in [6, 6.07) is 4.20. The van der Waals surface area contributed by atoms with Crippen LogP contribution in [0.4, 0.5) is 13.2 Å². The minimum atomic E-state index is -4.43. The second kappa shape index (κ2) is 6.54. The van der Waals surface area contributed by atoms with E-state index < -0.39 is 15.3 Å². The highest BCUT2D eigenvalue weighted by atomic mass is 32.2. The van der Waals surface area contributed by atoms with Gasteiger partial charge in [0.2, 0.25) is 0 Å². The average Bonchev–Trinajstić information content (AvgIpc) is 2.89. The molecule has 3 aromatic heterocycles. The van der Waals surface area contributed by atoms with E-state index in [-0.39, 0.29) is 44.3 Å². The van der Waals surface area contributed by atoms with Gasteiger partial charge in [-0.05, 0) is 30.0 Å². The number of sulfone groups is 1. The third kappa shape index (κ3) is 3.54. The maximum absolute atomic E-state index is 12.5. The maximum atomic E-state index is 12.5. The molecule has 6 nitrogen and oxygen atoms in total. The number of aryl methyl sites for hydroxylation is 1. The summed E-state index contributed by atoms with van der Waals surface area (Å²) in [6.07, 6.45) is 2.54. The van der Waals surface area contributed by atoms with E-state index in [1.807, 2.05) is 0 Å². The Morgan fingerprint density at radius 2 is 2.00 bits per heavy atom. The van der Waals surface area contributed by atoms with Crippen LogP contribution in [0.1, 0.15) is 6.92 Å². The van der Waals surface area contributed by atoms with Crippen molar-refractivity contribution in [1.29, 1.82) is 0 Å². The summed E-state index contributed by atoms with van der Waals surface area (Å²) in [5.41, 5.74) is -3.74. The number of halogens is 3. The molecule has 0 saturated heterocycles. The molecule has 0 unspecified atom stereocenters. The number of alkyl halides is 3. The number of fused-ring (bicyclic) bond motifs is 1. The lowest BCUT2D eigenvalue weighted by atomic mass is 10.3. The molecule has 0 atom stereocenters. The van der Waals surface area contributed by atoms with E-state index in [9.17, 15) is 21.6 Å². The fourth-order valence-electron chi connectivity index (χ4n) is 2.42. The predicted molar refractivity (Wildman–Crippen MR) is 91.4 cm³/mol. The third-order valence-electron chi connectivity index (χ3n) is 3.62. The van der Waals surface area contributed by atoms with Gasteiger partial charge in [0, 0.05) is 24.3 Å². The Hall–Kier alpha value is -2.14. The molecule has 0 radical (unpaired) electrons. The lowest BCUT2D eigenvalue weighted by Crippen LogP contribution is -2.08. The van der Waals surface area contributed by atoms with Crippen LogP contribution in [0.15, 0.2) is 40.4 Å².